The molecule has 3 atom stereocenters. The lowest BCUT2D eigenvalue weighted by molar-refractivity contribution is -0.890. The van der Waals surface area contributed by atoms with Gasteiger partial charge in [0.25, 0.3) is 0 Å². The van der Waals surface area contributed by atoms with E-state index >= 15 is 0 Å². The van der Waals surface area contributed by atoms with Gasteiger partial charge in [-0.05, 0) is 30.2 Å². The Balaban J connectivity index is 2.07. The van der Waals surface area contributed by atoms with Crippen LogP contribution in [0.1, 0.15) is 31.7 Å². The molecule has 0 spiro atoms. The predicted molar refractivity (Wildman–Crippen MR) is 104 cm³/mol. The van der Waals surface area contributed by atoms with Crippen molar-refractivity contribution in [3.8, 4) is 0 Å². The summed E-state index contributed by atoms with van der Waals surface area (Å²) in [6, 6.07) is 11.1. The molecule has 0 aromatic heterocycles. The highest BCUT2D eigenvalue weighted by Gasteiger charge is 2.39. The van der Waals surface area contributed by atoms with Crippen LogP contribution in [0.25, 0.3) is 0 Å². The number of quaternary nitrogens is 1. The Labute approximate surface area is 151 Å². The summed E-state index contributed by atoms with van der Waals surface area (Å²) in [4.78, 5) is -0.350. The van der Waals surface area contributed by atoms with Crippen molar-refractivity contribution in [3.63, 3.8) is 0 Å². The lowest BCUT2D eigenvalue weighted by Crippen LogP contribution is -2.45. The van der Waals surface area contributed by atoms with Gasteiger partial charge in [-0.3, -0.25) is 0 Å². The minimum atomic E-state index is -0.350. The Morgan fingerprint density at radius 3 is 2.62 bits per heavy atom. The Morgan fingerprint density at radius 2 is 1.96 bits per heavy atom. The molecule has 1 fully saturated rings. The first-order chi connectivity index (χ1) is 11.3. The third kappa shape index (κ3) is 3.61. The van der Waals surface area contributed by atoms with Gasteiger partial charge in [0.2, 0.25) is 0 Å². The highest BCUT2D eigenvalue weighted by Crippen LogP contribution is 2.42. The number of hydrogen-bond donors (Lipinski definition) is 1. The van der Waals surface area contributed by atoms with Crippen LogP contribution in [-0.2, 0) is 0 Å². The van der Waals surface area contributed by atoms with Crippen molar-refractivity contribution in [1.29, 1.82) is 0 Å². The monoisotopic (exact) mass is 345 g/mol. The molecular formula is C21H30ClN2+. The van der Waals surface area contributed by atoms with Crippen LogP contribution >= 0.6 is 11.6 Å². The number of alkyl halides is 1. The summed E-state index contributed by atoms with van der Waals surface area (Å²) in [5, 5.41) is 3.56. The Kier molecular flexibility index (Phi) is 4.92. The molecule has 1 aliphatic heterocycles. The van der Waals surface area contributed by atoms with Crippen molar-refractivity contribution < 1.29 is 4.48 Å². The highest BCUT2D eigenvalue weighted by atomic mass is 35.5. The smallest absolute Gasteiger partial charge is 0.0893 e. The number of benzene rings is 1. The van der Waals surface area contributed by atoms with Gasteiger partial charge < -0.3 is 9.80 Å². The van der Waals surface area contributed by atoms with Crippen LogP contribution in [-0.4, -0.2) is 49.1 Å². The van der Waals surface area contributed by atoms with E-state index in [9.17, 15) is 0 Å². The van der Waals surface area contributed by atoms with Gasteiger partial charge in [-0.1, -0.05) is 49.4 Å². The number of halogens is 1. The molecule has 2 unspecified atom stereocenters. The van der Waals surface area contributed by atoms with E-state index < -0.39 is 0 Å². The molecule has 1 N–H and O–H groups in total. The lowest BCUT2D eigenvalue weighted by Gasteiger charge is -2.35. The van der Waals surface area contributed by atoms with Crippen molar-refractivity contribution >= 4 is 11.6 Å². The van der Waals surface area contributed by atoms with Gasteiger partial charge >= 0.3 is 0 Å². The van der Waals surface area contributed by atoms with E-state index in [0.29, 0.717) is 5.92 Å². The molecule has 1 aromatic rings. The maximum Gasteiger partial charge on any atom is 0.0893 e. The van der Waals surface area contributed by atoms with Crippen LogP contribution in [0.2, 0.25) is 0 Å². The summed E-state index contributed by atoms with van der Waals surface area (Å²) in [5.74, 6) is 0.434. The number of nitrogens with one attached hydrogen (secondary N) is 1. The summed E-state index contributed by atoms with van der Waals surface area (Å²) in [6.45, 7) is 7.49. The van der Waals surface area contributed by atoms with Crippen molar-refractivity contribution in [2.45, 2.75) is 37.1 Å². The van der Waals surface area contributed by atoms with Crippen LogP contribution in [0, 0.1) is 0 Å². The molecule has 2 aliphatic rings. The van der Waals surface area contributed by atoms with Crippen molar-refractivity contribution in [2.24, 2.45) is 0 Å². The summed E-state index contributed by atoms with van der Waals surface area (Å²) >= 11 is 6.87. The molecule has 1 saturated heterocycles. The fourth-order valence-electron chi connectivity index (χ4n) is 4.08. The van der Waals surface area contributed by atoms with Crippen LogP contribution in [0.15, 0.2) is 53.6 Å². The van der Waals surface area contributed by atoms with Gasteiger partial charge in [0.15, 0.2) is 0 Å². The molecule has 1 aliphatic carbocycles. The molecule has 0 saturated carbocycles. The molecule has 1 aromatic carbocycles. The number of hydrogen-bond acceptors (Lipinski definition) is 1. The minimum absolute atomic E-state index is 0.183. The number of rotatable bonds is 3. The second kappa shape index (κ2) is 6.67. The molecule has 0 radical (unpaired) electrons. The molecule has 0 amide bonds. The van der Waals surface area contributed by atoms with E-state index in [1.807, 2.05) is 0 Å². The second-order valence-corrected chi connectivity index (χ2v) is 8.85. The zero-order valence-corrected chi connectivity index (χ0v) is 16.1. The van der Waals surface area contributed by atoms with Crippen LogP contribution in [0.3, 0.4) is 0 Å². The number of nitrogens with zero attached hydrogens (tertiary/aromatic N) is 1. The van der Waals surface area contributed by atoms with Gasteiger partial charge in [0.05, 0.1) is 38.0 Å². The normalized spacial score (nSPS) is 32.4. The highest BCUT2D eigenvalue weighted by molar-refractivity contribution is 6.26. The van der Waals surface area contributed by atoms with Crippen molar-refractivity contribution in [2.75, 3.05) is 33.7 Å². The maximum absolute atomic E-state index is 6.87. The van der Waals surface area contributed by atoms with E-state index in [4.69, 9.17) is 11.6 Å². The number of fused-ring (bicyclic) bond motifs is 1. The molecular weight excluding hydrogens is 316 g/mol. The van der Waals surface area contributed by atoms with E-state index in [1.165, 1.54) is 16.7 Å². The zero-order chi connectivity index (χ0) is 17.4. The number of likely N-dealkylation sites (tertiary alicyclic amines) is 1. The first-order valence-electron chi connectivity index (χ1n) is 9.05. The molecule has 24 heavy (non-hydrogen) atoms. The summed E-state index contributed by atoms with van der Waals surface area (Å²) in [7, 11) is 4.69. The summed E-state index contributed by atoms with van der Waals surface area (Å²) in [5.41, 5.74) is 4.34. The standard InChI is InChI=1S/C21H30ClN2/c1-5-23-20-13-18-17(14-21(20,2)22)11-12-24(3,4)15-19(18)16-9-7-6-8-10-16/h6-10,13-14,19-20,23H,5,11-12,15H2,1-4H3/q+1/t19?,20?,21-/m1/s1. The van der Waals surface area contributed by atoms with Gasteiger partial charge in [-0.25, -0.2) is 0 Å². The van der Waals surface area contributed by atoms with E-state index in [2.05, 4.69) is 75.7 Å². The third-order valence-electron chi connectivity index (χ3n) is 5.45. The maximum atomic E-state index is 6.87. The lowest BCUT2D eigenvalue weighted by atomic mass is 9.78. The van der Waals surface area contributed by atoms with Gasteiger partial charge in [0.1, 0.15) is 0 Å². The van der Waals surface area contributed by atoms with Gasteiger partial charge in [-0.2, -0.15) is 0 Å². The molecule has 3 heteroatoms. The Morgan fingerprint density at radius 1 is 1.25 bits per heavy atom. The molecule has 1 heterocycles. The second-order valence-electron chi connectivity index (χ2n) is 8.03. The Hall–Kier alpha value is -1.09. The average Bonchev–Trinajstić information content (AvgIpc) is 2.65. The van der Waals surface area contributed by atoms with Gasteiger partial charge in [-0.15, -0.1) is 11.6 Å². The fraction of sp³-hybridized carbons (Fsp3) is 0.524. The van der Waals surface area contributed by atoms with Crippen LogP contribution < -0.4 is 5.32 Å². The van der Waals surface area contributed by atoms with E-state index in [1.54, 1.807) is 0 Å². The molecule has 3 rings (SSSR count). The molecule has 2 nitrogen and oxygen atoms in total. The zero-order valence-electron chi connectivity index (χ0n) is 15.3. The van der Waals surface area contributed by atoms with Crippen LogP contribution in [0.5, 0.6) is 0 Å². The van der Waals surface area contributed by atoms with Crippen molar-refractivity contribution in [1.82, 2.24) is 5.32 Å². The summed E-state index contributed by atoms with van der Waals surface area (Å²) in [6.07, 6.45) is 5.83. The first kappa shape index (κ1) is 17.7. The third-order valence-corrected chi connectivity index (χ3v) is 5.79. The summed E-state index contributed by atoms with van der Waals surface area (Å²) < 4.78 is 1.04. The average molecular weight is 346 g/mol. The van der Waals surface area contributed by atoms with Crippen molar-refractivity contribution in [3.05, 3.63) is 59.2 Å². The van der Waals surface area contributed by atoms with E-state index in [0.717, 1.165) is 30.5 Å². The molecule has 130 valence electrons. The number of likely N-dealkylation sites (N-methyl/N-ethyl adjacent to an activating group) is 2. The van der Waals surface area contributed by atoms with E-state index in [-0.39, 0.29) is 10.9 Å². The molecule has 0 bridgehead atoms. The van der Waals surface area contributed by atoms with Crippen LogP contribution in [0.4, 0.5) is 0 Å². The van der Waals surface area contributed by atoms with Gasteiger partial charge in [0, 0.05) is 12.5 Å². The SMILES string of the molecule is CCNC1C=C2C(=C[C@@]1(C)Cl)CC[N+](C)(C)CC2c1ccccc1. The minimum Gasteiger partial charge on any atom is -0.327 e. The first-order valence-corrected chi connectivity index (χ1v) is 9.43. The largest absolute Gasteiger partial charge is 0.327 e. The fourth-order valence-corrected chi connectivity index (χ4v) is 4.35. The quantitative estimate of drug-likeness (QED) is 0.642. The Bertz CT molecular complexity index is 643. The predicted octanol–water partition coefficient (Wildman–Crippen LogP) is 4.09. The topological polar surface area (TPSA) is 12.0 Å².